The first-order valence-corrected chi connectivity index (χ1v) is 7.28. The van der Waals surface area contributed by atoms with Gasteiger partial charge in [-0.15, -0.1) is 0 Å². The zero-order chi connectivity index (χ0) is 13.7. The fourth-order valence-electron chi connectivity index (χ4n) is 2.82. The molecule has 1 aromatic heterocycles. The number of hydrogen-bond acceptors (Lipinski definition) is 4. The first-order valence-electron chi connectivity index (χ1n) is 7.28. The van der Waals surface area contributed by atoms with E-state index in [1.165, 1.54) is 32.5 Å². The standard InChI is InChI=1S/C15H26N4/c1-4-15-12-18(3)8-5-9-19(15)11-14-10-13(16-2)6-7-17-14/h6-7,10,15H,4-5,8-9,11-12H2,1-3H3,(H,16,17). The molecule has 106 valence electrons. The molecule has 1 saturated heterocycles. The second-order valence-corrected chi connectivity index (χ2v) is 5.43. The lowest BCUT2D eigenvalue weighted by molar-refractivity contribution is 0.174. The Morgan fingerprint density at radius 1 is 1.42 bits per heavy atom. The maximum Gasteiger partial charge on any atom is 0.0564 e. The van der Waals surface area contributed by atoms with Crippen LogP contribution in [0.4, 0.5) is 5.69 Å². The number of pyridine rings is 1. The van der Waals surface area contributed by atoms with E-state index in [1.807, 2.05) is 19.3 Å². The van der Waals surface area contributed by atoms with Gasteiger partial charge < -0.3 is 10.2 Å². The van der Waals surface area contributed by atoms with Gasteiger partial charge >= 0.3 is 0 Å². The van der Waals surface area contributed by atoms with Gasteiger partial charge in [0.15, 0.2) is 0 Å². The SMILES string of the molecule is CCC1CN(C)CCCN1Cc1cc(NC)ccn1. The predicted octanol–water partition coefficient (Wildman–Crippen LogP) is 2.04. The minimum atomic E-state index is 0.646. The minimum Gasteiger partial charge on any atom is -0.388 e. The van der Waals surface area contributed by atoms with Gasteiger partial charge in [0.1, 0.15) is 0 Å². The summed E-state index contributed by atoms with van der Waals surface area (Å²) in [6, 6.07) is 4.81. The molecule has 1 aliphatic heterocycles. The largest absolute Gasteiger partial charge is 0.388 e. The van der Waals surface area contributed by atoms with Gasteiger partial charge in [0.2, 0.25) is 0 Å². The Morgan fingerprint density at radius 2 is 2.26 bits per heavy atom. The predicted molar refractivity (Wildman–Crippen MR) is 80.4 cm³/mol. The Bertz CT molecular complexity index is 393. The second-order valence-electron chi connectivity index (χ2n) is 5.43. The molecule has 0 amide bonds. The number of likely N-dealkylation sites (N-methyl/N-ethyl adjacent to an activating group) is 1. The van der Waals surface area contributed by atoms with Crippen LogP contribution in [0.25, 0.3) is 0 Å². The summed E-state index contributed by atoms with van der Waals surface area (Å²) in [7, 11) is 4.18. The van der Waals surface area contributed by atoms with Crippen molar-refractivity contribution in [3.8, 4) is 0 Å². The fraction of sp³-hybridized carbons (Fsp3) is 0.667. The Hall–Kier alpha value is -1.13. The Morgan fingerprint density at radius 3 is 3.00 bits per heavy atom. The highest BCUT2D eigenvalue weighted by molar-refractivity contribution is 5.42. The van der Waals surface area contributed by atoms with E-state index in [9.17, 15) is 0 Å². The van der Waals surface area contributed by atoms with Gasteiger partial charge in [-0.05, 0) is 38.6 Å². The third-order valence-electron chi connectivity index (χ3n) is 3.97. The van der Waals surface area contributed by atoms with Crippen LogP contribution in [0.15, 0.2) is 18.3 Å². The van der Waals surface area contributed by atoms with Crippen LogP contribution in [0, 0.1) is 0 Å². The summed E-state index contributed by atoms with van der Waals surface area (Å²) >= 11 is 0. The topological polar surface area (TPSA) is 31.4 Å². The van der Waals surface area contributed by atoms with Crippen LogP contribution in [0.3, 0.4) is 0 Å². The Kier molecular flexibility index (Phi) is 5.16. The van der Waals surface area contributed by atoms with Gasteiger partial charge in [-0.1, -0.05) is 6.92 Å². The summed E-state index contributed by atoms with van der Waals surface area (Å²) < 4.78 is 0. The van der Waals surface area contributed by atoms with E-state index in [0.717, 1.165) is 17.9 Å². The van der Waals surface area contributed by atoms with Gasteiger partial charge in [-0.25, -0.2) is 0 Å². The third-order valence-corrected chi connectivity index (χ3v) is 3.97. The number of hydrogen-bond donors (Lipinski definition) is 1. The molecule has 4 heteroatoms. The van der Waals surface area contributed by atoms with Gasteiger partial charge in [0.05, 0.1) is 5.69 Å². The highest BCUT2D eigenvalue weighted by Gasteiger charge is 2.22. The normalized spacial score (nSPS) is 22.2. The lowest BCUT2D eigenvalue weighted by Gasteiger charge is -2.29. The van der Waals surface area contributed by atoms with Crippen LogP contribution in [0.2, 0.25) is 0 Å². The zero-order valence-electron chi connectivity index (χ0n) is 12.4. The first-order chi connectivity index (χ1) is 9.22. The second kappa shape index (κ2) is 6.87. The average Bonchev–Trinajstić information content (AvgIpc) is 2.60. The summed E-state index contributed by atoms with van der Waals surface area (Å²) in [6.45, 7) is 6.80. The monoisotopic (exact) mass is 262 g/mol. The van der Waals surface area contributed by atoms with Gasteiger partial charge in [0.25, 0.3) is 0 Å². The molecule has 0 aromatic carbocycles. The summed E-state index contributed by atoms with van der Waals surface area (Å²) in [4.78, 5) is 9.54. The van der Waals surface area contributed by atoms with E-state index in [-0.39, 0.29) is 0 Å². The van der Waals surface area contributed by atoms with E-state index in [4.69, 9.17) is 0 Å². The van der Waals surface area contributed by atoms with Crippen LogP contribution in [0.5, 0.6) is 0 Å². The maximum atomic E-state index is 4.50. The van der Waals surface area contributed by atoms with Crippen LogP contribution < -0.4 is 5.32 Å². The van der Waals surface area contributed by atoms with Gasteiger partial charge in [-0.3, -0.25) is 9.88 Å². The molecule has 0 saturated carbocycles. The molecule has 0 bridgehead atoms. The number of rotatable bonds is 4. The lowest BCUT2D eigenvalue weighted by atomic mass is 10.1. The quantitative estimate of drug-likeness (QED) is 0.900. The van der Waals surface area contributed by atoms with E-state index in [2.05, 4.69) is 40.1 Å². The summed E-state index contributed by atoms with van der Waals surface area (Å²) in [5.74, 6) is 0. The molecular formula is C15H26N4. The molecule has 2 rings (SSSR count). The first kappa shape index (κ1) is 14.3. The van der Waals surface area contributed by atoms with Crippen LogP contribution in [0.1, 0.15) is 25.5 Å². The van der Waals surface area contributed by atoms with E-state index in [1.54, 1.807) is 0 Å². The number of nitrogens with one attached hydrogen (secondary N) is 1. The molecule has 1 atom stereocenters. The molecule has 4 nitrogen and oxygen atoms in total. The Balaban J connectivity index is 2.06. The molecule has 1 aliphatic rings. The maximum absolute atomic E-state index is 4.50. The third kappa shape index (κ3) is 3.91. The van der Waals surface area contributed by atoms with Crippen molar-refractivity contribution < 1.29 is 0 Å². The minimum absolute atomic E-state index is 0.646. The van der Waals surface area contributed by atoms with Crippen molar-refractivity contribution in [2.75, 3.05) is 39.0 Å². The van der Waals surface area contributed by atoms with Crippen molar-refractivity contribution in [2.45, 2.75) is 32.4 Å². The van der Waals surface area contributed by atoms with Crippen molar-refractivity contribution >= 4 is 5.69 Å². The molecule has 2 heterocycles. The number of aromatic nitrogens is 1. The van der Waals surface area contributed by atoms with E-state index >= 15 is 0 Å². The highest BCUT2D eigenvalue weighted by Crippen LogP contribution is 2.16. The van der Waals surface area contributed by atoms with Crippen LogP contribution in [-0.4, -0.2) is 54.6 Å². The molecule has 1 aromatic rings. The highest BCUT2D eigenvalue weighted by atomic mass is 15.2. The molecule has 0 radical (unpaired) electrons. The van der Waals surface area contributed by atoms with Crippen molar-refractivity contribution in [2.24, 2.45) is 0 Å². The van der Waals surface area contributed by atoms with E-state index in [0.29, 0.717) is 6.04 Å². The molecular weight excluding hydrogens is 236 g/mol. The van der Waals surface area contributed by atoms with Crippen molar-refractivity contribution in [1.82, 2.24) is 14.8 Å². The summed E-state index contributed by atoms with van der Waals surface area (Å²) in [5, 5.41) is 3.18. The molecule has 1 N–H and O–H groups in total. The molecule has 0 aliphatic carbocycles. The molecule has 1 fully saturated rings. The summed E-state index contributed by atoms with van der Waals surface area (Å²) in [6.07, 6.45) is 4.35. The van der Waals surface area contributed by atoms with Crippen LogP contribution in [-0.2, 0) is 6.54 Å². The van der Waals surface area contributed by atoms with Crippen molar-refractivity contribution in [3.05, 3.63) is 24.0 Å². The number of nitrogens with zero attached hydrogens (tertiary/aromatic N) is 3. The van der Waals surface area contributed by atoms with Crippen molar-refractivity contribution in [1.29, 1.82) is 0 Å². The average molecular weight is 262 g/mol. The zero-order valence-corrected chi connectivity index (χ0v) is 12.4. The lowest BCUT2D eigenvalue weighted by Crippen LogP contribution is -2.39. The molecule has 0 spiro atoms. The van der Waals surface area contributed by atoms with E-state index < -0.39 is 0 Å². The molecule has 19 heavy (non-hydrogen) atoms. The number of anilines is 1. The van der Waals surface area contributed by atoms with Gasteiger partial charge in [0, 0.05) is 44.6 Å². The Labute approximate surface area is 116 Å². The van der Waals surface area contributed by atoms with Gasteiger partial charge in [-0.2, -0.15) is 0 Å². The summed E-state index contributed by atoms with van der Waals surface area (Å²) in [5.41, 5.74) is 2.31. The van der Waals surface area contributed by atoms with Crippen molar-refractivity contribution in [3.63, 3.8) is 0 Å². The fourth-order valence-corrected chi connectivity index (χ4v) is 2.82. The van der Waals surface area contributed by atoms with Crippen LogP contribution >= 0.6 is 0 Å². The smallest absolute Gasteiger partial charge is 0.0564 e. The molecule has 1 unspecified atom stereocenters.